The number of non-ortho nitro benzene ring substituents is 1. The van der Waals surface area contributed by atoms with Crippen LogP contribution < -0.4 is 5.32 Å². The van der Waals surface area contributed by atoms with Crippen molar-refractivity contribution < 1.29 is 9.72 Å². The first-order chi connectivity index (χ1) is 8.58. The molecule has 0 fully saturated rings. The number of benzene rings is 1. The molecule has 7 nitrogen and oxygen atoms in total. The Morgan fingerprint density at radius 1 is 1.50 bits per heavy atom. The minimum atomic E-state index is -0.545. The second-order valence-corrected chi connectivity index (χ2v) is 4.27. The smallest absolute Gasteiger partial charge is 0.271 e. The Balaban J connectivity index is 2.20. The molecule has 0 aliphatic carbocycles. The maximum absolute atomic E-state index is 11.7. The van der Waals surface area contributed by atoms with Crippen molar-refractivity contribution in [1.82, 2.24) is 9.59 Å². The number of nitrogens with zero attached hydrogens (tertiary/aromatic N) is 3. The summed E-state index contributed by atoms with van der Waals surface area (Å²) in [6.45, 7) is 0. The van der Waals surface area contributed by atoms with E-state index in [9.17, 15) is 14.9 Å². The van der Waals surface area contributed by atoms with Crippen molar-refractivity contribution in [2.45, 2.75) is 0 Å². The lowest BCUT2D eigenvalue weighted by Gasteiger charge is -2.02. The average Bonchev–Trinajstić information content (AvgIpc) is 2.76. The Morgan fingerprint density at radius 3 is 2.89 bits per heavy atom. The number of nitro groups is 1. The number of rotatable bonds is 3. The lowest BCUT2D eigenvalue weighted by atomic mass is 10.3. The first-order valence-electron chi connectivity index (χ1n) is 4.61. The van der Waals surface area contributed by atoms with E-state index in [1.54, 1.807) is 0 Å². The fraction of sp³-hybridized carbons (Fsp3) is 0. The highest BCUT2D eigenvalue weighted by Crippen LogP contribution is 2.20. The molecule has 1 N–H and O–H groups in total. The van der Waals surface area contributed by atoms with Gasteiger partial charge in [-0.25, -0.2) is 0 Å². The van der Waals surface area contributed by atoms with Crippen LogP contribution in [-0.2, 0) is 0 Å². The van der Waals surface area contributed by atoms with Gasteiger partial charge in [-0.2, -0.15) is 0 Å². The van der Waals surface area contributed by atoms with E-state index in [1.165, 1.54) is 24.3 Å². The number of anilines is 1. The van der Waals surface area contributed by atoms with E-state index in [0.717, 1.165) is 11.5 Å². The van der Waals surface area contributed by atoms with E-state index in [0.29, 0.717) is 5.69 Å². The summed E-state index contributed by atoms with van der Waals surface area (Å²) in [5.41, 5.74) is 0.194. The van der Waals surface area contributed by atoms with Crippen molar-refractivity contribution in [3.8, 4) is 0 Å². The van der Waals surface area contributed by atoms with Gasteiger partial charge in [-0.05, 0) is 17.6 Å². The van der Waals surface area contributed by atoms with Crippen molar-refractivity contribution in [2.75, 3.05) is 5.32 Å². The Bertz CT molecular complexity index is 615. The molecule has 0 atom stereocenters. The summed E-state index contributed by atoms with van der Waals surface area (Å²) in [6, 6.07) is 5.59. The van der Waals surface area contributed by atoms with E-state index in [2.05, 4.69) is 14.9 Å². The van der Waals surface area contributed by atoms with Crippen LogP contribution in [-0.4, -0.2) is 20.4 Å². The lowest BCUT2D eigenvalue weighted by molar-refractivity contribution is -0.384. The molecule has 9 heteroatoms. The standard InChI is InChI=1S/C9H5ClN4O3S/c10-8-7(18-13-12-8)9(15)11-5-2-1-3-6(4-5)14(16)17/h1-4H,(H,11,15). The lowest BCUT2D eigenvalue weighted by Crippen LogP contribution is -2.10. The monoisotopic (exact) mass is 284 g/mol. The van der Waals surface area contributed by atoms with Gasteiger partial charge in [0.25, 0.3) is 11.6 Å². The van der Waals surface area contributed by atoms with Crippen LogP contribution in [0.3, 0.4) is 0 Å². The van der Waals surface area contributed by atoms with Gasteiger partial charge in [0, 0.05) is 17.8 Å². The summed E-state index contributed by atoms with van der Waals surface area (Å²) in [7, 11) is 0. The van der Waals surface area contributed by atoms with Crippen LogP contribution in [0.2, 0.25) is 5.15 Å². The number of carbonyl (C=O) groups is 1. The molecule has 2 rings (SSSR count). The van der Waals surface area contributed by atoms with Gasteiger partial charge >= 0.3 is 0 Å². The molecule has 1 aromatic heterocycles. The van der Waals surface area contributed by atoms with Gasteiger partial charge in [-0.3, -0.25) is 14.9 Å². The largest absolute Gasteiger partial charge is 0.321 e. The molecule has 1 aromatic carbocycles. The number of halogens is 1. The summed E-state index contributed by atoms with van der Waals surface area (Å²) >= 11 is 6.50. The fourth-order valence-electron chi connectivity index (χ4n) is 1.20. The van der Waals surface area contributed by atoms with Crippen LogP contribution in [0.15, 0.2) is 24.3 Å². The van der Waals surface area contributed by atoms with Crippen molar-refractivity contribution in [3.63, 3.8) is 0 Å². The second-order valence-electron chi connectivity index (χ2n) is 3.15. The van der Waals surface area contributed by atoms with E-state index >= 15 is 0 Å². The SMILES string of the molecule is O=C(Nc1cccc([N+](=O)[O-])c1)c1snnc1Cl. The van der Waals surface area contributed by atoms with E-state index in [-0.39, 0.29) is 15.7 Å². The maximum Gasteiger partial charge on any atom is 0.271 e. The summed E-state index contributed by atoms with van der Waals surface area (Å²) in [5.74, 6) is -0.504. The Labute approximate surface area is 110 Å². The predicted molar refractivity (Wildman–Crippen MR) is 66.0 cm³/mol. The van der Waals surface area contributed by atoms with E-state index in [1.807, 2.05) is 0 Å². The third-order valence-corrected chi connectivity index (χ3v) is 3.07. The molecule has 0 spiro atoms. The van der Waals surface area contributed by atoms with Gasteiger partial charge in [0.2, 0.25) is 0 Å². The third-order valence-electron chi connectivity index (χ3n) is 1.97. The highest BCUT2D eigenvalue weighted by molar-refractivity contribution is 7.08. The first-order valence-corrected chi connectivity index (χ1v) is 5.76. The van der Waals surface area contributed by atoms with Crippen molar-refractivity contribution in [2.24, 2.45) is 0 Å². The zero-order valence-corrected chi connectivity index (χ0v) is 10.2. The molecule has 1 heterocycles. The zero-order valence-electron chi connectivity index (χ0n) is 8.66. The van der Waals surface area contributed by atoms with Crippen molar-refractivity contribution >= 4 is 40.4 Å². The molecule has 0 unspecified atom stereocenters. The van der Waals surface area contributed by atoms with E-state index in [4.69, 9.17) is 11.6 Å². The first kappa shape index (κ1) is 12.4. The Kier molecular flexibility index (Phi) is 3.49. The number of hydrogen-bond acceptors (Lipinski definition) is 6. The molecule has 1 amide bonds. The van der Waals surface area contributed by atoms with Crippen molar-refractivity contribution in [3.05, 3.63) is 44.4 Å². The second kappa shape index (κ2) is 5.07. The molecular weight excluding hydrogens is 280 g/mol. The predicted octanol–water partition coefficient (Wildman–Crippen LogP) is 2.35. The van der Waals surface area contributed by atoms with E-state index < -0.39 is 10.8 Å². The van der Waals surface area contributed by atoms with Gasteiger partial charge in [0.05, 0.1) is 4.92 Å². The fourth-order valence-corrected chi connectivity index (χ4v) is 1.93. The number of amides is 1. The van der Waals surface area contributed by atoms with Crippen LogP contribution in [0.25, 0.3) is 0 Å². The molecule has 92 valence electrons. The number of hydrogen-bond donors (Lipinski definition) is 1. The van der Waals surface area contributed by atoms with Crippen LogP contribution in [0.1, 0.15) is 9.67 Å². The van der Waals surface area contributed by atoms with Gasteiger partial charge in [-0.15, -0.1) is 5.10 Å². The van der Waals surface area contributed by atoms with Gasteiger partial charge in [0.1, 0.15) is 0 Å². The van der Waals surface area contributed by atoms with Gasteiger partial charge < -0.3 is 5.32 Å². The third kappa shape index (κ3) is 2.60. The number of nitro benzene ring substituents is 1. The molecule has 0 aliphatic rings. The number of aromatic nitrogens is 2. The molecule has 0 aliphatic heterocycles. The van der Waals surface area contributed by atoms with Crippen molar-refractivity contribution in [1.29, 1.82) is 0 Å². The summed E-state index contributed by atoms with van der Waals surface area (Å²) in [4.78, 5) is 21.9. The molecule has 0 saturated carbocycles. The molecule has 2 aromatic rings. The minimum Gasteiger partial charge on any atom is -0.321 e. The number of carbonyl (C=O) groups excluding carboxylic acids is 1. The summed E-state index contributed by atoms with van der Waals surface area (Å²) in [5, 5.41) is 16.6. The van der Waals surface area contributed by atoms with Crippen LogP contribution in [0.5, 0.6) is 0 Å². The normalized spacial score (nSPS) is 10.1. The Morgan fingerprint density at radius 2 is 2.28 bits per heavy atom. The van der Waals surface area contributed by atoms with Gasteiger partial charge in [-0.1, -0.05) is 22.2 Å². The maximum atomic E-state index is 11.7. The van der Waals surface area contributed by atoms with Crippen LogP contribution in [0, 0.1) is 10.1 Å². The number of nitrogens with one attached hydrogen (secondary N) is 1. The molecule has 0 saturated heterocycles. The summed E-state index contributed by atoms with van der Waals surface area (Å²) in [6.07, 6.45) is 0. The molecular formula is C9H5ClN4O3S. The minimum absolute atomic E-state index is 0.00271. The quantitative estimate of drug-likeness (QED) is 0.689. The molecule has 0 radical (unpaired) electrons. The Hall–Kier alpha value is -2.06. The topological polar surface area (TPSA) is 98.0 Å². The average molecular weight is 285 g/mol. The highest BCUT2D eigenvalue weighted by atomic mass is 35.5. The van der Waals surface area contributed by atoms with Crippen LogP contribution >= 0.6 is 23.1 Å². The van der Waals surface area contributed by atoms with Crippen LogP contribution in [0.4, 0.5) is 11.4 Å². The van der Waals surface area contributed by atoms with Gasteiger partial charge in [0.15, 0.2) is 10.0 Å². The molecule has 18 heavy (non-hydrogen) atoms. The highest BCUT2D eigenvalue weighted by Gasteiger charge is 2.15. The molecule has 0 bridgehead atoms. The zero-order chi connectivity index (χ0) is 13.1. The summed E-state index contributed by atoms with van der Waals surface area (Å²) < 4.78 is 3.52.